The number of hydrogen-bond acceptors (Lipinski definition) is 2. The monoisotopic (exact) mass is 235 g/mol. The molecule has 0 heterocycles. The van der Waals surface area contributed by atoms with Crippen molar-refractivity contribution in [2.24, 2.45) is 5.73 Å². The molecule has 0 saturated heterocycles. The quantitative estimate of drug-likeness (QED) is 0.825. The molecule has 0 radical (unpaired) electrons. The number of nitrogens with two attached hydrogens (primary N) is 1. The molecule has 0 saturated carbocycles. The minimum absolute atomic E-state index is 0.281. The maximum absolute atomic E-state index is 11.9. The fraction of sp³-hybridized carbons (Fsp3) is 0.333. The van der Waals surface area contributed by atoms with Gasteiger partial charge in [-0.25, -0.2) is 14.5 Å². The zero-order valence-corrected chi connectivity index (χ0v) is 10.2. The maximum Gasteiger partial charge on any atom is 0.330 e. The summed E-state index contributed by atoms with van der Waals surface area (Å²) >= 11 is 0. The van der Waals surface area contributed by atoms with Crippen LogP contribution in [0.1, 0.15) is 19.4 Å². The number of urea groups is 2. The van der Waals surface area contributed by atoms with Gasteiger partial charge >= 0.3 is 12.1 Å². The van der Waals surface area contributed by atoms with Crippen LogP contribution in [0.15, 0.2) is 24.3 Å². The van der Waals surface area contributed by atoms with Crippen molar-refractivity contribution in [3.63, 3.8) is 0 Å². The van der Waals surface area contributed by atoms with E-state index in [1.807, 2.05) is 25.1 Å². The summed E-state index contributed by atoms with van der Waals surface area (Å²) in [5.74, 6) is 0. The van der Waals surface area contributed by atoms with Gasteiger partial charge in [0.25, 0.3) is 0 Å². The van der Waals surface area contributed by atoms with Gasteiger partial charge in [0.1, 0.15) is 0 Å². The molecular weight excluding hydrogens is 218 g/mol. The standard InChI is InChI=1S/C12H17N3O2/c1-8(2)15(11(13)16)12(17)14-10-7-5-4-6-9(10)3/h4-8H,1-3H3,(H2,13,16)(H,14,17). The third-order valence-electron chi connectivity index (χ3n) is 2.36. The van der Waals surface area contributed by atoms with Crippen molar-refractivity contribution < 1.29 is 9.59 Å². The van der Waals surface area contributed by atoms with E-state index in [2.05, 4.69) is 5.32 Å². The highest BCUT2D eigenvalue weighted by Gasteiger charge is 2.22. The number of carbonyl (C=O) groups is 2. The zero-order chi connectivity index (χ0) is 13.0. The summed E-state index contributed by atoms with van der Waals surface area (Å²) in [6.07, 6.45) is 0. The van der Waals surface area contributed by atoms with Gasteiger partial charge in [-0.2, -0.15) is 0 Å². The minimum Gasteiger partial charge on any atom is -0.351 e. The first kappa shape index (κ1) is 13.0. The van der Waals surface area contributed by atoms with Crippen molar-refractivity contribution >= 4 is 17.7 Å². The number of aryl methyl sites for hydroxylation is 1. The van der Waals surface area contributed by atoms with Crippen LogP contribution in [0.2, 0.25) is 0 Å². The first-order chi connectivity index (χ1) is 7.93. The van der Waals surface area contributed by atoms with E-state index in [-0.39, 0.29) is 6.04 Å². The third kappa shape index (κ3) is 3.21. The van der Waals surface area contributed by atoms with E-state index in [1.165, 1.54) is 0 Å². The smallest absolute Gasteiger partial charge is 0.330 e. The molecule has 0 atom stereocenters. The second kappa shape index (κ2) is 5.34. The second-order valence-electron chi connectivity index (χ2n) is 4.05. The summed E-state index contributed by atoms with van der Waals surface area (Å²) in [7, 11) is 0. The van der Waals surface area contributed by atoms with E-state index >= 15 is 0 Å². The van der Waals surface area contributed by atoms with Gasteiger partial charge in [0, 0.05) is 11.7 Å². The summed E-state index contributed by atoms with van der Waals surface area (Å²) < 4.78 is 0. The molecule has 3 N–H and O–H groups in total. The number of primary amides is 1. The average molecular weight is 235 g/mol. The number of para-hydroxylation sites is 1. The number of carbonyl (C=O) groups excluding carboxylic acids is 2. The predicted molar refractivity (Wildman–Crippen MR) is 66.8 cm³/mol. The lowest BCUT2D eigenvalue weighted by Gasteiger charge is -2.23. The van der Waals surface area contributed by atoms with E-state index in [4.69, 9.17) is 5.73 Å². The molecule has 0 unspecified atom stereocenters. The van der Waals surface area contributed by atoms with E-state index < -0.39 is 12.1 Å². The van der Waals surface area contributed by atoms with E-state index in [9.17, 15) is 9.59 Å². The summed E-state index contributed by atoms with van der Waals surface area (Å²) in [5, 5.41) is 2.66. The van der Waals surface area contributed by atoms with Gasteiger partial charge in [-0.3, -0.25) is 0 Å². The molecular formula is C12H17N3O2. The number of amides is 4. The number of nitrogens with zero attached hydrogens (tertiary/aromatic N) is 1. The number of rotatable bonds is 2. The molecule has 5 heteroatoms. The van der Waals surface area contributed by atoms with E-state index in [0.717, 1.165) is 10.5 Å². The Morgan fingerprint density at radius 3 is 2.35 bits per heavy atom. The van der Waals surface area contributed by atoms with Crippen LogP contribution in [-0.2, 0) is 0 Å². The Kier molecular flexibility index (Phi) is 4.09. The van der Waals surface area contributed by atoms with Crippen LogP contribution >= 0.6 is 0 Å². The van der Waals surface area contributed by atoms with Crippen molar-refractivity contribution in [1.29, 1.82) is 0 Å². The summed E-state index contributed by atoms with van der Waals surface area (Å²) in [4.78, 5) is 24.0. The fourth-order valence-electron chi connectivity index (χ4n) is 1.48. The van der Waals surface area contributed by atoms with E-state index in [0.29, 0.717) is 5.69 Å². The summed E-state index contributed by atoms with van der Waals surface area (Å²) in [5.41, 5.74) is 6.75. The predicted octanol–water partition coefficient (Wildman–Crippen LogP) is 2.32. The third-order valence-corrected chi connectivity index (χ3v) is 2.36. The van der Waals surface area contributed by atoms with Gasteiger partial charge in [0.2, 0.25) is 0 Å². The van der Waals surface area contributed by atoms with Gasteiger partial charge in [0.15, 0.2) is 0 Å². The SMILES string of the molecule is Cc1ccccc1NC(=O)N(C(N)=O)C(C)C. The number of nitrogens with one attached hydrogen (secondary N) is 1. The van der Waals surface area contributed by atoms with Crippen LogP contribution in [0, 0.1) is 6.92 Å². The Balaban J connectivity index is 2.85. The van der Waals surface area contributed by atoms with Gasteiger partial charge in [-0.05, 0) is 32.4 Å². The lowest BCUT2D eigenvalue weighted by atomic mass is 10.2. The first-order valence-electron chi connectivity index (χ1n) is 5.38. The second-order valence-corrected chi connectivity index (χ2v) is 4.05. The highest BCUT2D eigenvalue weighted by Crippen LogP contribution is 2.14. The lowest BCUT2D eigenvalue weighted by molar-refractivity contribution is 0.189. The minimum atomic E-state index is -0.758. The van der Waals surface area contributed by atoms with Crippen LogP contribution in [-0.4, -0.2) is 23.0 Å². The van der Waals surface area contributed by atoms with Crippen LogP contribution in [0.3, 0.4) is 0 Å². The molecule has 1 aromatic rings. The molecule has 0 aliphatic heterocycles. The number of imide groups is 1. The van der Waals surface area contributed by atoms with E-state index in [1.54, 1.807) is 19.9 Å². The van der Waals surface area contributed by atoms with Crippen LogP contribution in [0.25, 0.3) is 0 Å². The largest absolute Gasteiger partial charge is 0.351 e. The molecule has 0 aliphatic carbocycles. The molecule has 0 spiro atoms. The van der Waals surface area contributed by atoms with Gasteiger partial charge in [-0.1, -0.05) is 18.2 Å². The molecule has 0 aromatic heterocycles. The lowest BCUT2D eigenvalue weighted by Crippen LogP contribution is -2.47. The fourth-order valence-corrected chi connectivity index (χ4v) is 1.48. The Labute approximate surface area is 101 Å². The average Bonchev–Trinajstić information content (AvgIpc) is 2.20. The molecule has 17 heavy (non-hydrogen) atoms. The highest BCUT2D eigenvalue weighted by molar-refractivity contribution is 6.00. The molecule has 0 bridgehead atoms. The zero-order valence-electron chi connectivity index (χ0n) is 10.2. The first-order valence-corrected chi connectivity index (χ1v) is 5.38. The van der Waals surface area contributed by atoms with Crippen molar-refractivity contribution in [3.05, 3.63) is 29.8 Å². The molecule has 1 aromatic carbocycles. The Morgan fingerprint density at radius 1 is 1.29 bits per heavy atom. The Hall–Kier alpha value is -2.04. The molecule has 4 amide bonds. The van der Waals surface area contributed by atoms with Gasteiger partial charge < -0.3 is 11.1 Å². The summed E-state index contributed by atoms with van der Waals surface area (Å²) in [6.45, 7) is 5.32. The van der Waals surface area contributed by atoms with Crippen molar-refractivity contribution in [3.8, 4) is 0 Å². The topological polar surface area (TPSA) is 75.4 Å². The maximum atomic E-state index is 11.9. The van der Waals surface area contributed by atoms with Crippen molar-refractivity contribution in [2.45, 2.75) is 26.8 Å². The number of hydrogen-bond donors (Lipinski definition) is 2. The van der Waals surface area contributed by atoms with Crippen molar-refractivity contribution in [2.75, 3.05) is 5.32 Å². The molecule has 0 aliphatic rings. The number of benzene rings is 1. The van der Waals surface area contributed by atoms with Gasteiger partial charge in [0.05, 0.1) is 0 Å². The molecule has 1 rings (SSSR count). The number of anilines is 1. The van der Waals surface area contributed by atoms with Crippen LogP contribution < -0.4 is 11.1 Å². The Bertz CT molecular complexity index is 430. The highest BCUT2D eigenvalue weighted by atomic mass is 16.2. The molecule has 0 fully saturated rings. The Morgan fingerprint density at radius 2 is 1.88 bits per heavy atom. The van der Waals surface area contributed by atoms with Crippen LogP contribution in [0.5, 0.6) is 0 Å². The summed E-state index contributed by atoms with van der Waals surface area (Å²) in [6, 6.07) is 5.78. The van der Waals surface area contributed by atoms with Gasteiger partial charge in [-0.15, -0.1) is 0 Å². The van der Waals surface area contributed by atoms with Crippen LogP contribution in [0.4, 0.5) is 15.3 Å². The molecule has 92 valence electrons. The van der Waals surface area contributed by atoms with Crippen molar-refractivity contribution in [1.82, 2.24) is 4.90 Å². The normalized spacial score (nSPS) is 10.1. The molecule has 5 nitrogen and oxygen atoms in total.